The van der Waals surface area contributed by atoms with Gasteiger partial charge in [-0.2, -0.15) is 5.10 Å². The second kappa shape index (κ2) is 2.19. The Bertz CT molecular complexity index is 73.6. The number of nitrogens with two attached hydrogens (primary N) is 2. The van der Waals surface area contributed by atoms with Crippen LogP contribution in [0.1, 0.15) is 0 Å². The summed E-state index contributed by atoms with van der Waals surface area (Å²) in [6.45, 7) is 0. The lowest BCUT2D eigenvalue weighted by Crippen LogP contribution is -2.11. The molecule has 0 rings (SSSR count). The molecule has 0 spiro atoms. The molecule has 0 saturated carbocycles. The highest BCUT2D eigenvalue weighted by molar-refractivity contribution is 6.26. The summed E-state index contributed by atoms with van der Waals surface area (Å²) < 4.78 is 0. The van der Waals surface area contributed by atoms with Crippen molar-refractivity contribution in [1.29, 1.82) is 5.41 Å². The highest BCUT2D eigenvalue weighted by Crippen LogP contribution is 1.42. The van der Waals surface area contributed by atoms with Crippen LogP contribution in [0, 0.1) is 5.41 Å². The summed E-state index contributed by atoms with van der Waals surface area (Å²) in [6.07, 6.45) is 1.06. The molecule has 4 nitrogen and oxygen atoms in total. The van der Waals surface area contributed by atoms with Gasteiger partial charge in [0.2, 0.25) is 0 Å². The molecular formula is C2H6N4. The van der Waals surface area contributed by atoms with E-state index in [9.17, 15) is 0 Å². The van der Waals surface area contributed by atoms with Gasteiger partial charge in [0.15, 0.2) is 0 Å². The minimum Gasteiger partial charge on any atom is -0.383 e. The van der Waals surface area contributed by atoms with Gasteiger partial charge in [0.25, 0.3) is 0 Å². The molecule has 0 heterocycles. The van der Waals surface area contributed by atoms with Gasteiger partial charge in [-0.05, 0) is 0 Å². The first-order valence-electron chi connectivity index (χ1n) is 1.34. The number of hydrazone groups is 1. The lowest BCUT2D eigenvalue weighted by molar-refractivity contribution is 1.27. The minimum absolute atomic E-state index is 0.127. The van der Waals surface area contributed by atoms with E-state index >= 15 is 0 Å². The third kappa shape index (κ3) is 2.94. The standard InChI is InChI=1S/C2H6N4/c3-2(4)1-6-5/h1H,5H2,(H3,3,4). The Morgan fingerprint density at radius 2 is 2.33 bits per heavy atom. The molecule has 5 N–H and O–H groups in total. The zero-order valence-corrected chi connectivity index (χ0v) is 3.18. The molecule has 0 aromatic carbocycles. The second-order valence-electron chi connectivity index (χ2n) is 0.734. The summed E-state index contributed by atoms with van der Waals surface area (Å²) in [4.78, 5) is 0. The quantitative estimate of drug-likeness (QED) is 0.163. The largest absolute Gasteiger partial charge is 0.383 e. The summed E-state index contributed by atoms with van der Waals surface area (Å²) in [5, 5.41) is 9.40. The molecule has 0 aromatic rings. The molecule has 0 unspecified atom stereocenters. The molecule has 0 aliphatic heterocycles. The van der Waals surface area contributed by atoms with E-state index in [-0.39, 0.29) is 5.84 Å². The van der Waals surface area contributed by atoms with E-state index < -0.39 is 0 Å². The van der Waals surface area contributed by atoms with Crippen molar-refractivity contribution in [3.63, 3.8) is 0 Å². The molecule has 4 heteroatoms. The van der Waals surface area contributed by atoms with Crippen LogP contribution in [-0.2, 0) is 0 Å². The van der Waals surface area contributed by atoms with Crippen molar-refractivity contribution in [1.82, 2.24) is 0 Å². The van der Waals surface area contributed by atoms with Gasteiger partial charge >= 0.3 is 0 Å². The lowest BCUT2D eigenvalue weighted by atomic mass is 10.7. The van der Waals surface area contributed by atoms with Crippen LogP contribution in [0.2, 0.25) is 0 Å². The Morgan fingerprint density at radius 1 is 1.83 bits per heavy atom. The summed E-state index contributed by atoms with van der Waals surface area (Å²) in [6, 6.07) is 0. The first-order chi connectivity index (χ1) is 2.77. The molecule has 0 fully saturated rings. The molecule has 0 aliphatic rings. The molecule has 0 atom stereocenters. The average molecular weight is 86.1 g/mol. The Morgan fingerprint density at radius 3 is 2.33 bits per heavy atom. The number of nitrogens with zero attached hydrogens (tertiary/aromatic N) is 1. The molecule has 0 amide bonds. The summed E-state index contributed by atoms with van der Waals surface area (Å²) in [5.41, 5.74) is 4.76. The van der Waals surface area contributed by atoms with Crippen LogP contribution in [-0.4, -0.2) is 12.1 Å². The SMILES string of the molecule is N=C(N)C=NN. The number of hydrogen-bond donors (Lipinski definition) is 3. The second-order valence-corrected chi connectivity index (χ2v) is 0.734. The zero-order chi connectivity index (χ0) is 4.99. The van der Waals surface area contributed by atoms with Crippen molar-refractivity contribution in [3.8, 4) is 0 Å². The molecule has 0 saturated heterocycles. The Kier molecular flexibility index (Phi) is 1.81. The van der Waals surface area contributed by atoms with Crippen molar-refractivity contribution in [2.24, 2.45) is 16.7 Å². The molecular weight excluding hydrogens is 80.1 g/mol. The fourth-order valence-electron chi connectivity index (χ4n) is 0.0803. The topological polar surface area (TPSA) is 88.2 Å². The van der Waals surface area contributed by atoms with Crippen LogP contribution >= 0.6 is 0 Å². The Labute approximate surface area is 35.3 Å². The van der Waals surface area contributed by atoms with Gasteiger partial charge in [-0.1, -0.05) is 0 Å². The predicted octanol–water partition coefficient (Wildman–Crippen LogP) is -1.13. The fraction of sp³-hybridized carbons (Fsp3) is 0. The molecule has 0 bridgehead atoms. The number of nitrogens with one attached hydrogen (secondary N) is 1. The molecule has 34 valence electrons. The summed E-state index contributed by atoms with van der Waals surface area (Å²) in [7, 11) is 0. The van der Waals surface area contributed by atoms with Crippen LogP contribution in [0.5, 0.6) is 0 Å². The maximum absolute atomic E-state index is 6.44. The van der Waals surface area contributed by atoms with Crippen molar-refractivity contribution in [2.75, 3.05) is 0 Å². The molecule has 0 aromatic heterocycles. The normalized spacial score (nSPS) is 9.33. The van der Waals surface area contributed by atoms with Crippen molar-refractivity contribution in [3.05, 3.63) is 0 Å². The van der Waals surface area contributed by atoms with Crippen LogP contribution < -0.4 is 11.6 Å². The number of hydrogen-bond acceptors (Lipinski definition) is 3. The highest BCUT2D eigenvalue weighted by Gasteiger charge is 1.69. The lowest BCUT2D eigenvalue weighted by Gasteiger charge is -1.74. The van der Waals surface area contributed by atoms with E-state index in [4.69, 9.17) is 11.1 Å². The molecule has 6 heavy (non-hydrogen) atoms. The van der Waals surface area contributed by atoms with Gasteiger partial charge in [-0.3, -0.25) is 5.41 Å². The fourth-order valence-corrected chi connectivity index (χ4v) is 0.0803. The van der Waals surface area contributed by atoms with E-state index in [2.05, 4.69) is 10.9 Å². The minimum atomic E-state index is -0.127. The van der Waals surface area contributed by atoms with E-state index in [0.717, 1.165) is 6.21 Å². The third-order valence-corrected chi connectivity index (χ3v) is 0.214. The smallest absolute Gasteiger partial charge is 0.135 e. The molecule has 0 radical (unpaired) electrons. The number of amidine groups is 1. The number of rotatable bonds is 1. The van der Waals surface area contributed by atoms with Gasteiger partial charge in [-0.25, -0.2) is 0 Å². The van der Waals surface area contributed by atoms with Gasteiger partial charge in [-0.15, -0.1) is 0 Å². The van der Waals surface area contributed by atoms with Crippen molar-refractivity contribution in [2.45, 2.75) is 0 Å². The van der Waals surface area contributed by atoms with Gasteiger partial charge in [0, 0.05) is 0 Å². The van der Waals surface area contributed by atoms with E-state index in [1.807, 2.05) is 0 Å². The van der Waals surface area contributed by atoms with Crippen LogP contribution in [0.4, 0.5) is 0 Å². The Balaban J connectivity index is 3.30. The maximum Gasteiger partial charge on any atom is 0.135 e. The highest BCUT2D eigenvalue weighted by atomic mass is 15.1. The first-order valence-corrected chi connectivity index (χ1v) is 1.34. The van der Waals surface area contributed by atoms with Gasteiger partial charge in [0.05, 0.1) is 6.21 Å². The van der Waals surface area contributed by atoms with Crippen LogP contribution in [0.25, 0.3) is 0 Å². The monoisotopic (exact) mass is 86.1 g/mol. The van der Waals surface area contributed by atoms with Crippen molar-refractivity contribution >= 4 is 12.1 Å². The average Bonchev–Trinajstić information content (AvgIpc) is 1.35. The Hall–Kier alpha value is -1.06. The van der Waals surface area contributed by atoms with Crippen molar-refractivity contribution < 1.29 is 0 Å². The summed E-state index contributed by atoms with van der Waals surface area (Å²) in [5.74, 6) is 4.45. The van der Waals surface area contributed by atoms with E-state index in [0.29, 0.717) is 0 Å². The van der Waals surface area contributed by atoms with E-state index in [1.165, 1.54) is 0 Å². The van der Waals surface area contributed by atoms with E-state index in [1.54, 1.807) is 0 Å². The predicted molar refractivity (Wildman–Crippen MR) is 24.6 cm³/mol. The maximum atomic E-state index is 6.44. The molecule has 0 aliphatic carbocycles. The van der Waals surface area contributed by atoms with Crippen LogP contribution in [0.15, 0.2) is 5.10 Å². The van der Waals surface area contributed by atoms with Gasteiger partial charge < -0.3 is 11.6 Å². The van der Waals surface area contributed by atoms with Crippen LogP contribution in [0.3, 0.4) is 0 Å². The summed E-state index contributed by atoms with van der Waals surface area (Å²) >= 11 is 0. The third-order valence-electron chi connectivity index (χ3n) is 0.214. The zero-order valence-electron chi connectivity index (χ0n) is 3.18. The van der Waals surface area contributed by atoms with Gasteiger partial charge in [0.1, 0.15) is 5.84 Å². The first kappa shape index (κ1) is 4.94.